The molecule has 0 fully saturated rings. The molecule has 1 aromatic rings. The van der Waals surface area contributed by atoms with Gasteiger partial charge in [-0.05, 0) is 26.6 Å². The zero-order chi connectivity index (χ0) is 10.7. The van der Waals surface area contributed by atoms with Crippen LogP contribution in [-0.2, 0) is 11.9 Å². The molecule has 0 aliphatic carbocycles. The van der Waals surface area contributed by atoms with E-state index >= 15 is 0 Å². The first-order valence-corrected chi connectivity index (χ1v) is 5.55. The Hall–Kier alpha value is -0.610. The van der Waals surface area contributed by atoms with Gasteiger partial charge in [-0.25, -0.2) is 0 Å². The van der Waals surface area contributed by atoms with Crippen molar-refractivity contribution in [3.8, 4) is 5.75 Å². The highest BCUT2D eigenvalue weighted by molar-refractivity contribution is 9.08. The summed E-state index contributed by atoms with van der Waals surface area (Å²) in [4.78, 5) is 6.15. The summed E-state index contributed by atoms with van der Waals surface area (Å²) >= 11 is 3.39. The van der Waals surface area contributed by atoms with Crippen LogP contribution in [0.4, 0.5) is 0 Å². The van der Waals surface area contributed by atoms with Crippen molar-refractivity contribution in [2.24, 2.45) is 0 Å². The van der Waals surface area contributed by atoms with Crippen LogP contribution >= 0.6 is 15.9 Å². The summed E-state index contributed by atoms with van der Waals surface area (Å²) < 4.78 is 0. The van der Waals surface area contributed by atoms with E-state index in [1.165, 1.54) is 0 Å². The molecule has 0 saturated heterocycles. The van der Waals surface area contributed by atoms with Gasteiger partial charge in [0.15, 0.2) is 0 Å². The van der Waals surface area contributed by atoms with E-state index in [0.717, 1.165) is 23.0 Å². The molecule has 1 rings (SSSR count). The lowest BCUT2D eigenvalue weighted by atomic mass is 10.1. The Bertz CT molecular complexity index is 326. The Kier molecular flexibility index (Phi) is 3.89. The largest absolute Gasteiger partial charge is 0.506 e. The van der Waals surface area contributed by atoms with Crippen LogP contribution in [0.15, 0.2) is 6.20 Å². The third-order valence-electron chi connectivity index (χ3n) is 2.05. The molecule has 1 aromatic heterocycles. The van der Waals surface area contributed by atoms with Crippen LogP contribution in [0.25, 0.3) is 0 Å². The standard InChI is InChI=1S/C10H15BrN2O/c1-7-10(14)9(6-13(2)3)8(4-11)5-12-7/h5,14H,4,6H2,1-3H3. The van der Waals surface area contributed by atoms with Crippen LogP contribution in [0.5, 0.6) is 5.75 Å². The molecular formula is C10H15BrN2O. The third kappa shape index (κ3) is 2.45. The van der Waals surface area contributed by atoms with Crippen LogP contribution in [0.3, 0.4) is 0 Å². The molecule has 0 radical (unpaired) electrons. The average Bonchev–Trinajstić information content (AvgIpc) is 2.13. The fourth-order valence-corrected chi connectivity index (χ4v) is 1.78. The summed E-state index contributed by atoms with van der Waals surface area (Å²) in [7, 11) is 3.96. The molecule has 0 unspecified atom stereocenters. The number of nitrogens with zero attached hydrogens (tertiary/aromatic N) is 2. The van der Waals surface area contributed by atoms with E-state index in [4.69, 9.17) is 0 Å². The topological polar surface area (TPSA) is 36.4 Å². The van der Waals surface area contributed by atoms with E-state index in [1.807, 2.05) is 32.1 Å². The maximum absolute atomic E-state index is 9.85. The van der Waals surface area contributed by atoms with Gasteiger partial charge < -0.3 is 10.0 Å². The average molecular weight is 259 g/mol. The second-order valence-corrected chi connectivity index (χ2v) is 4.13. The first kappa shape index (κ1) is 11.5. The maximum Gasteiger partial charge on any atom is 0.141 e. The number of hydrogen-bond donors (Lipinski definition) is 1. The first-order chi connectivity index (χ1) is 6.56. The monoisotopic (exact) mass is 258 g/mol. The number of rotatable bonds is 3. The van der Waals surface area contributed by atoms with Crippen molar-refractivity contribution < 1.29 is 5.11 Å². The zero-order valence-electron chi connectivity index (χ0n) is 8.71. The minimum Gasteiger partial charge on any atom is -0.506 e. The van der Waals surface area contributed by atoms with E-state index in [0.29, 0.717) is 11.4 Å². The molecule has 1 N–H and O–H groups in total. The van der Waals surface area contributed by atoms with Gasteiger partial charge in [0.05, 0.1) is 5.69 Å². The Morgan fingerprint density at radius 2 is 2.14 bits per heavy atom. The van der Waals surface area contributed by atoms with Gasteiger partial charge in [0, 0.05) is 23.6 Å². The number of hydrogen-bond acceptors (Lipinski definition) is 3. The van der Waals surface area contributed by atoms with E-state index in [1.54, 1.807) is 0 Å². The first-order valence-electron chi connectivity index (χ1n) is 4.43. The van der Waals surface area contributed by atoms with Gasteiger partial charge in [-0.2, -0.15) is 0 Å². The van der Waals surface area contributed by atoms with Crippen molar-refractivity contribution in [1.29, 1.82) is 0 Å². The van der Waals surface area contributed by atoms with Crippen molar-refractivity contribution in [1.82, 2.24) is 9.88 Å². The minimum atomic E-state index is 0.315. The van der Waals surface area contributed by atoms with Crippen molar-refractivity contribution in [2.75, 3.05) is 14.1 Å². The molecule has 78 valence electrons. The number of pyridine rings is 1. The summed E-state index contributed by atoms with van der Waals surface area (Å²) in [5.41, 5.74) is 2.69. The molecule has 3 nitrogen and oxygen atoms in total. The van der Waals surface area contributed by atoms with Crippen molar-refractivity contribution >= 4 is 15.9 Å². The van der Waals surface area contributed by atoms with Crippen LogP contribution in [0.1, 0.15) is 16.8 Å². The molecule has 0 bridgehead atoms. The Balaban J connectivity index is 3.14. The van der Waals surface area contributed by atoms with E-state index in [9.17, 15) is 5.11 Å². The van der Waals surface area contributed by atoms with Gasteiger partial charge in [0.25, 0.3) is 0 Å². The molecule has 4 heteroatoms. The smallest absolute Gasteiger partial charge is 0.141 e. The third-order valence-corrected chi connectivity index (χ3v) is 2.65. The number of aryl methyl sites for hydroxylation is 1. The molecule has 0 spiro atoms. The lowest BCUT2D eigenvalue weighted by molar-refractivity contribution is 0.382. The summed E-state index contributed by atoms with van der Waals surface area (Å²) in [6.07, 6.45) is 1.81. The second kappa shape index (κ2) is 4.75. The molecule has 0 aliphatic rings. The number of halogens is 1. The highest BCUT2D eigenvalue weighted by Gasteiger charge is 2.11. The highest BCUT2D eigenvalue weighted by Crippen LogP contribution is 2.25. The van der Waals surface area contributed by atoms with Gasteiger partial charge in [0.2, 0.25) is 0 Å². The van der Waals surface area contributed by atoms with Gasteiger partial charge >= 0.3 is 0 Å². The zero-order valence-corrected chi connectivity index (χ0v) is 10.3. The normalized spacial score (nSPS) is 10.9. The van der Waals surface area contributed by atoms with Gasteiger partial charge in [0.1, 0.15) is 5.75 Å². The van der Waals surface area contributed by atoms with E-state index < -0.39 is 0 Å². The van der Waals surface area contributed by atoms with Crippen molar-refractivity contribution in [3.63, 3.8) is 0 Å². The number of alkyl halides is 1. The lowest BCUT2D eigenvalue weighted by Crippen LogP contribution is -2.13. The summed E-state index contributed by atoms with van der Waals surface area (Å²) in [5.74, 6) is 0.315. The van der Waals surface area contributed by atoms with Crippen molar-refractivity contribution in [2.45, 2.75) is 18.8 Å². The molecule has 0 amide bonds. The van der Waals surface area contributed by atoms with Gasteiger partial charge in [-0.1, -0.05) is 15.9 Å². The highest BCUT2D eigenvalue weighted by atomic mass is 79.9. The van der Waals surface area contributed by atoms with Crippen LogP contribution in [-0.4, -0.2) is 29.1 Å². The minimum absolute atomic E-state index is 0.315. The van der Waals surface area contributed by atoms with Gasteiger partial charge in [-0.3, -0.25) is 4.98 Å². The maximum atomic E-state index is 9.85. The Morgan fingerprint density at radius 1 is 1.50 bits per heavy atom. The molecule has 0 atom stereocenters. The van der Waals surface area contributed by atoms with Crippen LogP contribution < -0.4 is 0 Å². The molecule has 0 aliphatic heterocycles. The molecule has 0 saturated carbocycles. The van der Waals surface area contributed by atoms with Gasteiger partial charge in [-0.15, -0.1) is 0 Å². The fourth-order valence-electron chi connectivity index (χ4n) is 1.29. The van der Waals surface area contributed by atoms with Crippen LogP contribution in [0.2, 0.25) is 0 Å². The molecule has 0 aromatic carbocycles. The SMILES string of the molecule is Cc1ncc(CBr)c(CN(C)C)c1O. The fraction of sp³-hybridized carbons (Fsp3) is 0.500. The van der Waals surface area contributed by atoms with E-state index in [-0.39, 0.29) is 0 Å². The summed E-state index contributed by atoms with van der Waals surface area (Å²) in [5, 5.41) is 10.6. The molecule has 1 heterocycles. The Labute approximate surface area is 92.9 Å². The van der Waals surface area contributed by atoms with E-state index in [2.05, 4.69) is 20.9 Å². The number of aromatic nitrogens is 1. The predicted octanol–water partition coefficient (Wildman–Crippen LogP) is 2.05. The second-order valence-electron chi connectivity index (χ2n) is 3.57. The van der Waals surface area contributed by atoms with Crippen molar-refractivity contribution in [3.05, 3.63) is 23.0 Å². The van der Waals surface area contributed by atoms with Crippen LogP contribution in [0, 0.1) is 6.92 Å². The summed E-state index contributed by atoms with van der Waals surface area (Å²) in [6, 6.07) is 0. The number of aromatic hydroxyl groups is 1. The molecule has 14 heavy (non-hydrogen) atoms. The molecular weight excluding hydrogens is 244 g/mol. The summed E-state index contributed by atoms with van der Waals surface area (Å²) in [6.45, 7) is 2.54. The lowest BCUT2D eigenvalue weighted by Gasteiger charge is -2.15. The predicted molar refractivity (Wildman–Crippen MR) is 60.7 cm³/mol. The Morgan fingerprint density at radius 3 is 2.64 bits per heavy atom. The quantitative estimate of drug-likeness (QED) is 0.844.